The highest BCUT2D eigenvalue weighted by atomic mass is 16.5. The molecule has 3 nitrogen and oxygen atoms in total. The fourth-order valence-corrected chi connectivity index (χ4v) is 4.29. The van der Waals surface area contributed by atoms with E-state index in [-0.39, 0.29) is 6.61 Å². The van der Waals surface area contributed by atoms with Crippen LogP contribution in [0.25, 0.3) is 33.0 Å². The van der Waals surface area contributed by atoms with E-state index in [1.54, 1.807) is 0 Å². The molecule has 150 valence electrons. The Bertz CT molecular complexity index is 1200. The van der Waals surface area contributed by atoms with Gasteiger partial charge in [-0.1, -0.05) is 60.7 Å². The highest BCUT2D eigenvalue weighted by molar-refractivity contribution is 5.91. The first-order valence-electron chi connectivity index (χ1n) is 10.4. The Balaban J connectivity index is 1.41. The van der Waals surface area contributed by atoms with Gasteiger partial charge < -0.3 is 14.6 Å². The van der Waals surface area contributed by atoms with Crippen LogP contribution in [0, 0.1) is 0 Å². The smallest absolute Gasteiger partial charge is 0.120 e. The molecule has 4 aromatic carbocycles. The van der Waals surface area contributed by atoms with Crippen molar-refractivity contribution in [2.75, 3.05) is 26.4 Å². The van der Waals surface area contributed by atoms with Crippen LogP contribution in [0.5, 0.6) is 5.75 Å². The van der Waals surface area contributed by atoms with Crippen LogP contribution in [0.15, 0.2) is 78.9 Å². The Morgan fingerprint density at radius 2 is 1.50 bits per heavy atom. The molecule has 4 aromatic rings. The van der Waals surface area contributed by atoms with Crippen molar-refractivity contribution in [2.45, 2.75) is 6.42 Å². The summed E-state index contributed by atoms with van der Waals surface area (Å²) in [7, 11) is 0. The van der Waals surface area contributed by atoms with Gasteiger partial charge in [0.1, 0.15) is 12.4 Å². The van der Waals surface area contributed by atoms with Crippen molar-refractivity contribution < 1.29 is 14.6 Å². The minimum Gasteiger partial charge on any atom is -0.491 e. The zero-order chi connectivity index (χ0) is 20.3. The van der Waals surface area contributed by atoms with Gasteiger partial charge in [0.05, 0.1) is 19.8 Å². The van der Waals surface area contributed by atoms with Crippen LogP contribution in [0.4, 0.5) is 0 Å². The number of aliphatic hydroxyl groups is 1. The zero-order valence-electron chi connectivity index (χ0n) is 16.8. The first-order chi connectivity index (χ1) is 14.8. The van der Waals surface area contributed by atoms with E-state index in [0.29, 0.717) is 19.8 Å². The van der Waals surface area contributed by atoms with E-state index in [1.807, 2.05) is 6.07 Å². The van der Waals surface area contributed by atoms with Crippen molar-refractivity contribution in [3.63, 3.8) is 0 Å². The van der Waals surface area contributed by atoms with E-state index in [4.69, 9.17) is 14.6 Å². The molecule has 0 unspecified atom stereocenters. The highest BCUT2D eigenvalue weighted by Gasteiger charge is 2.20. The summed E-state index contributed by atoms with van der Waals surface area (Å²) in [5.41, 5.74) is 8.10. The molecule has 0 fully saturated rings. The van der Waals surface area contributed by atoms with Crippen molar-refractivity contribution in [3.8, 4) is 28.0 Å². The molecule has 30 heavy (non-hydrogen) atoms. The molecule has 0 aliphatic heterocycles. The van der Waals surface area contributed by atoms with Crippen molar-refractivity contribution >= 4 is 10.8 Å². The van der Waals surface area contributed by atoms with Crippen molar-refractivity contribution in [1.82, 2.24) is 0 Å². The lowest BCUT2D eigenvalue weighted by molar-refractivity contribution is 0.0705. The molecule has 0 heterocycles. The Morgan fingerprint density at radius 3 is 2.43 bits per heavy atom. The molecule has 5 rings (SSSR count). The molecule has 0 atom stereocenters. The molecule has 0 radical (unpaired) electrons. The standard InChI is InChI=1S/C27H24O3/c28-12-13-29-14-15-30-23-11-10-19-16-22(9-8-20(19)17-23)25-6-3-7-26-24-5-2-1-4-21(24)18-27(25)26/h1-11,16-17,28H,12-15,18H2. The van der Waals surface area contributed by atoms with Gasteiger partial charge in [-0.05, 0) is 68.8 Å². The molecular formula is C27H24O3. The van der Waals surface area contributed by atoms with Gasteiger partial charge in [-0.25, -0.2) is 0 Å². The van der Waals surface area contributed by atoms with E-state index < -0.39 is 0 Å². The summed E-state index contributed by atoms with van der Waals surface area (Å²) in [4.78, 5) is 0. The fraction of sp³-hybridized carbons (Fsp3) is 0.185. The summed E-state index contributed by atoms with van der Waals surface area (Å²) >= 11 is 0. The molecule has 0 aromatic heterocycles. The molecule has 1 aliphatic carbocycles. The maximum Gasteiger partial charge on any atom is 0.120 e. The SMILES string of the molecule is OCCOCCOc1ccc2cc(-c3cccc4c3Cc3ccccc3-4)ccc2c1. The monoisotopic (exact) mass is 396 g/mol. The molecule has 0 amide bonds. The lowest BCUT2D eigenvalue weighted by Crippen LogP contribution is -2.09. The van der Waals surface area contributed by atoms with Crippen LogP contribution in [0.1, 0.15) is 11.1 Å². The van der Waals surface area contributed by atoms with Gasteiger partial charge in [-0.2, -0.15) is 0 Å². The van der Waals surface area contributed by atoms with Gasteiger partial charge >= 0.3 is 0 Å². The molecule has 1 N–H and O–H groups in total. The average Bonchev–Trinajstić information content (AvgIpc) is 3.17. The number of benzene rings is 4. The van der Waals surface area contributed by atoms with Gasteiger partial charge in [-0.15, -0.1) is 0 Å². The fourth-order valence-electron chi connectivity index (χ4n) is 4.29. The summed E-state index contributed by atoms with van der Waals surface area (Å²) < 4.78 is 11.0. The summed E-state index contributed by atoms with van der Waals surface area (Å²) in [6.45, 7) is 1.33. The zero-order valence-corrected chi connectivity index (χ0v) is 16.8. The lowest BCUT2D eigenvalue weighted by Gasteiger charge is -2.11. The third-order valence-electron chi connectivity index (χ3n) is 5.71. The predicted octanol–water partition coefficient (Wildman–Crippen LogP) is 5.47. The maximum absolute atomic E-state index is 8.74. The van der Waals surface area contributed by atoms with E-state index in [2.05, 4.69) is 72.8 Å². The van der Waals surface area contributed by atoms with Crippen LogP contribution in [0.2, 0.25) is 0 Å². The summed E-state index contributed by atoms with van der Waals surface area (Å²) in [6, 6.07) is 28.1. The third kappa shape index (κ3) is 3.58. The van der Waals surface area contributed by atoms with Crippen molar-refractivity contribution in [3.05, 3.63) is 90.0 Å². The second-order valence-corrected chi connectivity index (χ2v) is 7.57. The second kappa shape index (κ2) is 8.31. The first kappa shape index (κ1) is 18.9. The Kier molecular flexibility index (Phi) is 5.22. The lowest BCUT2D eigenvalue weighted by atomic mass is 9.94. The molecule has 0 spiro atoms. The third-order valence-corrected chi connectivity index (χ3v) is 5.71. The Hall–Kier alpha value is -3.14. The number of fused-ring (bicyclic) bond motifs is 4. The van der Waals surface area contributed by atoms with Gasteiger partial charge in [0, 0.05) is 0 Å². The topological polar surface area (TPSA) is 38.7 Å². The van der Waals surface area contributed by atoms with Crippen molar-refractivity contribution in [2.24, 2.45) is 0 Å². The van der Waals surface area contributed by atoms with Crippen LogP contribution in [-0.2, 0) is 11.2 Å². The molecule has 1 aliphatic rings. The molecular weight excluding hydrogens is 372 g/mol. The van der Waals surface area contributed by atoms with Crippen LogP contribution in [0.3, 0.4) is 0 Å². The molecule has 0 saturated heterocycles. The summed E-state index contributed by atoms with van der Waals surface area (Å²) in [5, 5.41) is 11.1. The van der Waals surface area contributed by atoms with E-state index in [1.165, 1.54) is 38.8 Å². The molecule has 0 bridgehead atoms. The Labute approximate surface area is 176 Å². The number of hydrogen-bond acceptors (Lipinski definition) is 3. The number of hydrogen-bond donors (Lipinski definition) is 1. The minimum absolute atomic E-state index is 0.0367. The van der Waals surface area contributed by atoms with Gasteiger partial charge in [0.2, 0.25) is 0 Å². The normalized spacial score (nSPS) is 12.0. The first-order valence-corrected chi connectivity index (χ1v) is 10.4. The van der Waals surface area contributed by atoms with E-state index in [0.717, 1.165) is 17.6 Å². The quantitative estimate of drug-likeness (QED) is 0.371. The number of aliphatic hydroxyl groups excluding tert-OH is 1. The van der Waals surface area contributed by atoms with Crippen molar-refractivity contribution in [1.29, 1.82) is 0 Å². The largest absolute Gasteiger partial charge is 0.491 e. The molecule has 0 saturated carbocycles. The maximum atomic E-state index is 8.74. The van der Waals surface area contributed by atoms with Gasteiger partial charge in [0.15, 0.2) is 0 Å². The van der Waals surface area contributed by atoms with Gasteiger partial charge in [0.25, 0.3) is 0 Å². The minimum atomic E-state index is 0.0367. The second-order valence-electron chi connectivity index (χ2n) is 7.57. The Morgan fingerprint density at radius 1 is 0.700 bits per heavy atom. The van der Waals surface area contributed by atoms with Crippen LogP contribution >= 0.6 is 0 Å². The average molecular weight is 396 g/mol. The van der Waals surface area contributed by atoms with E-state index in [9.17, 15) is 0 Å². The van der Waals surface area contributed by atoms with E-state index >= 15 is 0 Å². The predicted molar refractivity (Wildman–Crippen MR) is 121 cm³/mol. The highest BCUT2D eigenvalue weighted by Crippen LogP contribution is 2.41. The van der Waals surface area contributed by atoms with Gasteiger partial charge in [-0.3, -0.25) is 0 Å². The summed E-state index contributed by atoms with van der Waals surface area (Å²) in [5.74, 6) is 0.832. The van der Waals surface area contributed by atoms with Crippen LogP contribution in [-0.4, -0.2) is 31.5 Å². The van der Waals surface area contributed by atoms with Crippen LogP contribution < -0.4 is 4.74 Å². The molecule has 3 heteroatoms. The summed E-state index contributed by atoms with van der Waals surface area (Å²) in [6.07, 6.45) is 0.991. The number of rotatable bonds is 7. The number of ether oxygens (including phenoxy) is 2.